The highest BCUT2D eigenvalue weighted by atomic mass is 15.0. The summed E-state index contributed by atoms with van der Waals surface area (Å²) in [7, 11) is 2.10. The van der Waals surface area contributed by atoms with E-state index in [0.717, 1.165) is 6.42 Å². The Hall–Kier alpha value is -1.31. The molecular weight excluding hydrogens is 160 g/mol. The van der Waals surface area contributed by atoms with Gasteiger partial charge in [0.25, 0.3) is 0 Å². The minimum Gasteiger partial charge on any atom is -0.310 e. The van der Waals surface area contributed by atoms with Gasteiger partial charge in [0.05, 0.1) is 6.20 Å². The van der Waals surface area contributed by atoms with E-state index in [0.29, 0.717) is 0 Å². The quantitative estimate of drug-likeness (QED) is 0.582. The van der Waals surface area contributed by atoms with Crippen LogP contribution in [-0.2, 0) is 13.5 Å². The van der Waals surface area contributed by atoms with Crippen molar-refractivity contribution in [3.05, 3.63) is 35.9 Å². The van der Waals surface area contributed by atoms with E-state index in [1.807, 2.05) is 0 Å². The topological polar surface area (TPSA) is 8.29 Å². The Kier molecular flexibility index (Phi) is 1.83. The van der Waals surface area contributed by atoms with Gasteiger partial charge in [0.15, 0.2) is 6.20 Å². The lowest BCUT2D eigenvalue weighted by atomic mass is 10.3. The van der Waals surface area contributed by atoms with E-state index >= 15 is 0 Å². The molecule has 0 aromatic carbocycles. The van der Waals surface area contributed by atoms with Crippen molar-refractivity contribution in [3.8, 4) is 0 Å². The van der Waals surface area contributed by atoms with Gasteiger partial charge >= 0.3 is 0 Å². The predicted octanol–water partition coefficient (Wildman–Crippen LogP) is 1.63. The van der Waals surface area contributed by atoms with Crippen molar-refractivity contribution in [1.82, 2.24) is 4.40 Å². The highest BCUT2D eigenvalue weighted by molar-refractivity contribution is 5.51. The highest BCUT2D eigenvalue weighted by Crippen LogP contribution is 2.11. The standard InChI is InChI=1S/C11H15N2/c1-4-10-11-6-5-9(2)13(11)8-7-12(10)3/h5-8H,4H2,1-3H3/q+1. The second-order valence-corrected chi connectivity index (χ2v) is 3.44. The number of fused-ring (bicyclic) bond motifs is 1. The summed E-state index contributed by atoms with van der Waals surface area (Å²) in [6, 6.07) is 4.35. The highest BCUT2D eigenvalue weighted by Gasteiger charge is 2.10. The second kappa shape index (κ2) is 2.87. The van der Waals surface area contributed by atoms with E-state index in [9.17, 15) is 0 Å². The fourth-order valence-corrected chi connectivity index (χ4v) is 1.85. The smallest absolute Gasteiger partial charge is 0.205 e. The van der Waals surface area contributed by atoms with E-state index in [4.69, 9.17) is 0 Å². The Labute approximate surface area is 78.4 Å². The molecule has 2 nitrogen and oxygen atoms in total. The molecule has 0 aliphatic heterocycles. The zero-order valence-electron chi connectivity index (χ0n) is 8.41. The lowest BCUT2D eigenvalue weighted by molar-refractivity contribution is -0.678. The Bertz CT molecular complexity index is 441. The SMILES string of the molecule is CCc1c2ccc(C)n2cc[n+]1C. The van der Waals surface area contributed by atoms with Gasteiger partial charge in [-0.2, -0.15) is 0 Å². The number of rotatable bonds is 1. The average molecular weight is 175 g/mol. The molecule has 0 aliphatic carbocycles. The van der Waals surface area contributed by atoms with Crippen LogP contribution in [0.2, 0.25) is 0 Å². The molecule has 13 heavy (non-hydrogen) atoms. The Morgan fingerprint density at radius 1 is 1.38 bits per heavy atom. The molecule has 2 rings (SSSR count). The lowest BCUT2D eigenvalue weighted by Crippen LogP contribution is -2.33. The predicted molar refractivity (Wildman–Crippen MR) is 52.7 cm³/mol. The number of hydrogen-bond acceptors (Lipinski definition) is 0. The molecule has 0 bridgehead atoms. The van der Waals surface area contributed by atoms with Crippen LogP contribution < -0.4 is 4.57 Å². The van der Waals surface area contributed by atoms with Gasteiger partial charge in [0.2, 0.25) is 5.69 Å². The van der Waals surface area contributed by atoms with Crippen molar-refractivity contribution in [3.63, 3.8) is 0 Å². The third kappa shape index (κ3) is 1.13. The summed E-state index contributed by atoms with van der Waals surface area (Å²) in [5, 5.41) is 0. The molecule has 2 aromatic heterocycles. The first-order valence-electron chi connectivity index (χ1n) is 4.69. The van der Waals surface area contributed by atoms with Gasteiger partial charge in [-0.15, -0.1) is 0 Å². The minimum atomic E-state index is 1.07. The zero-order chi connectivity index (χ0) is 9.42. The summed E-state index contributed by atoms with van der Waals surface area (Å²) in [5.74, 6) is 0. The Morgan fingerprint density at radius 2 is 2.15 bits per heavy atom. The van der Waals surface area contributed by atoms with Gasteiger partial charge in [-0.05, 0) is 19.1 Å². The fourth-order valence-electron chi connectivity index (χ4n) is 1.85. The molecule has 0 fully saturated rings. The maximum Gasteiger partial charge on any atom is 0.205 e. The molecule has 68 valence electrons. The van der Waals surface area contributed by atoms with Gasteiger partial charge < -0.3 is 4.40 Å². The molecule has 0 saturated heterocycles. The molecule has 0 saturated carbocycles. The number of nitrogens with zero attached hydrogens (tertiary/aromatic N) is 2. The molecule has 0 unspecified atom stereocenters. The maximum absolute atomic E-state index is 2.23. The van der Waals surface area contributed by atoms with Crippen LogP contribution in [0.3, 0.4) is 0 Å². The van der Waals surface area contributed by atoms with Gasteiger partial charge in [0.1, 0.15) is 12.6 Å². The van der Waals surface area contributed by atoms with E-state index in [1.54, 1.807) is 0 Å². The van der Waals surface area contributed by atoms with Crippen molar-refractivity contribution >= 4 is 5.52 Å². The maximum atomic E-state index is 2.23. The normalized spacial score (nSPS) is 11.0. The van der Waals surface area contributed by atoms with Crippen LogP contribution in [0.5, 0.6) is 0 Å². The van der Waals surface area contributed by atoms with Crippen molar-refractivity contribution in [2.45, 2.75) is 20.3 Å². The monoisotopic (exact) mass is 175 g/mol. The summed E-state index contributed by atoms with van der Waals surface area (Å²) >= 11 is 0. The summed E-state index contributed by atoms with van der Waals surface area (Å²) in [4.78, 5) is 0. The zero-order valence-corrected chi connectivity index (χ0v) is 8.41. The first kappa shape index (κ1) is 8.30. The molecule has 0 spiro atoms. The minimum absolute atomic E-state index is 1.07. The number of aromatic nitrogens is 2. The summed E-state index contributed by atoms with van der Waals surface area (Å²) < 4.78 is 4.42. The third-order valence-electron chi connectivity index (χ3n) is 2.62. The molecule has 2 heterocycles. The summed E-state index contributed by atoms with van der Waals surface area (Å²) in [6.07, 6.45) is 5.30. The van der Waals surface area contributed by atoms with Crippen LogP contribution in [-0.4, -0.2) is 4.40 Å². The van der Waals surface area contributed by atoms with E-state index < -0.39 is 0 Å². The summed E-state index contributed by atoms with van der Waals surface area (Å²) in [5.41, 5.74) is 4.01. The molecule has 0 aliphatic rings. The van der Waals surface area contributed by atoms with Crippen molar-refractivity contribution in [1.29, 1.82) is 0 Å². The van der Waals surface area contributed by atoms with Gasteiger partial charge in [-0.25, -0.2) is 4.57 Å². The van der Waals surface area contributed by atoms with Crippen LogP contribution in [0.25, 0.3) is 5.52 Å². The molecular formula is C11H15N2+. The number of aryl methyl sites for hydroxylation is 3. The third-order valence-corrected chi connectivity index (χ3v) is 2.62. The molecule has 0 N–H and O–H groups in total. The van der Waals surface area contributed by atoms with Gasteiger partial charge in [0, 0.05) is 12.1 Å². The number of hydrogen-bond donors (Lipinski definition) is 0. The van der Waals surface area contributed by atoms with Crippen LogP contribution in [0.4, 0.5) is 0 Å². The first-order valence-corrected chi connectivity index (χ1v) is 4.69. The van der Waals surface area contributed by atoms with E-state index in [1.165, 1.54) is 16.9 Å². The summed E-state index contributed by atoms with van der Waals surface area (Å²) in [6.45, 7) is 4.32. The van der Waals surface area contributed by atoms with Gasteiger partial charge in [-0.3, -0.25) is 0 Å². The van der Waals surface area contributed by atoms with Crippen LogP contribution in [0, 0.1) is 6.92 Å². The fraction of sp³-hybridized carbons (Fsp3) is 0.364. The second-order valence-electron chi connectivity index (χ2n) is 3.44. The van der Waals surface area contributed by atoms with Crippen LogP contribution in [0.15, 0.2) is 24.5 Å². The van der Waals surface area contributed by atoms with Crippen LogP contribution in [0.1, 0.15) is 18.3 Å². The largest absolute Gasteiger partial charge is 0.310 e. The first-order chi connectivity index (χ1) is 6.24. The van der Waals surface area contributed by atoms with Crippen molar-refractivity contribution in [2.24, 2.45) is 7.05 Å². The van der Waals surface area contributed by atoms with Crippen LogP contribution >= 0.6 is 0 Å². The van der Waals surface area contributed by atoms with Crippen molar-refractivity contribution < 1.29 is 4.57 Å². The Morgan fingerprint density at radius 3 is 2.85 bits per heavy atom. The molecule has 0 atom stereocenters. The molecule has 2 heteroatoms. The lowest BCUT2D eigenvalue weighted by Gasteiger charge is -2.01. The van der Waals surface area contributed by atoms with Gasteiger partial charge in [-0.1, -0.05) is 6.92 Å². The average Bonchev–Trinajstić information content (AvgIpc) is 2.48. The molecule has 2 aromatic rings. The molecule has 0 radical (unpaired) electrons. The molecule has 0 amide bonds. The van der Waals surface area contributed by atoms with E-state index in [-0.39, 0.29) is 0 Å². The van der Waals surface area contributed by atoms with Crippen molar-refractivity contribution in [2.75, 3.05) is 0 Å². The Balaban J connectivity index is 2.85. The van der Waals surface area contributed by atoms with E-state index in [2.05, 4.69) is 54.4 Å².